The number of nitrogens with one attached hydrogen (secondary N) is 1. The van der Waals surface area contributed by atoms with E-state index < -0.39 is 4.92 Å². The average Bonchev–Trinajstić information content (AvgIpc) is 2.66. The highest BCUT2D eigenvalue weighted by atomic mass is 35.5. The zero-order chi connectivity index (χ0) is 19.2. The van der Waals surface area contributed by atoms with Gasteiger partial charge in [-0.05, 0) is 48.5 Å². The Morgan fingerprint density at radius 1 is 1.22 bits per heavy atom. The third-order valence-corrected chi connectivity index (χ3v) is 4.87. The van der Waals surface area contributed by atoms with Crippen LogP contribution in [0.2, 0.25) is 5.02 Å². The Kier molecular flexibility index (Phi) is 6.00. The van der Waals surface area contributed by atoms with Gasteiger partial charge < -0.3 is 0 Å². The second-order valence-corrected chi connectivity index (χ2v) is 6.87. The van der Waals surface area contributed by atoms with Gasteiger partial charge in [-0.25, -0.2) is 9.97 Å². The first-order valence-corrected chi connectivity index (χ1v) is 9.01. The molecule has 3 rings (SSSR count). The van der Waals surface area contributed by atoms with E-state index in [0.717, 1.165) is 23.0 Å². The van der Waals surface area contributed by atoms with Crippen LogP contribution in [-0.4, -0.2) is 21.1 Å². The lowest BCUT2D eigenvalue weighted by molar-refractivity contribution is -0.387. The molecule has 1 N–H and O–H groups in total. The van der Waals surface area contributed by atoms with Gasteiger partial charge in [0.05, 0.1) is 21.7 Å². The highest BCUT2D eigenvalue weighted by Crippen LogP contribution is 2.33. The summed E-state index contributed by atoms with van der Waals surface area (Å²) in [6, 6.07) is 12.0. The van der Waals surface area contributed by atoms with Crippen LogP contribution in [0, 0.1) is 17.0 Å². The van der Waals surface area contributed by atoms with Crippen molar-refractivity contribution < 1.29 is 4.92 Å². The van der Waals surface area contributed by atoms with Crippen molar-refractivity contribution in [1.29, 1.82) is 0 Å². The molecule has 0 saturated heterocycles. The van der Waals surface area contributed by atoms with Crippen molar-refractivity contribution in [3.63, 3.8) is 0 Å². The standard InChI is InChI=1S/C18H14ClN5O2S/c1-12-3-5-14(10-15(12)19)23-22-11-13-4-6-17(16(9-13)24(25)26)27-18-20-7-2-8-21-18/h2-11,23H,1H3/b22-11+. The molecule has 0 radical (unpaired) electrons. The first-order valence-electron chi connectivity index (χ1n) is 7.81. The zero-order valence-corrected chi connectivity index (χ0v) is 15.7. The first kappa shape index (κ1) is 18.8. The fraction of sp³-hybridized carbons (Fsp3) is 0.0556. The molecule has 7 nitrogen and oxygen atoms in total. The van der Waals surface area contributed by atoms with E-state index in [1.54, 1.807) is 36.7 Å². The number of nitro benzene ring substituents is 1. The van der Waals surface area contributed by atoms with E-state index in [9.17, 15) is 10.1 Å². The number of nitro groups is 1. The number of anilines is 1. The molecule has 0 bridgehead atoms. The van der Waals surface area contributed by atoms with Crippen LogP contribution < -0.4 is 5.43 Å². The molecule has 1 heterocycles. The second-order valence-electron chi connectivity index (χ2n) is 5.45. The van der Waals surface area contributed by atoms with E-state index in [1.807, 2.05) is 19.1 Å². The molecule has 0 atom stereocenters. The van der Waals surface area contributed by atoms with Crippen LogP contribution in [0.1, 0.15) is 11.1 Å². The summed E-state index contributed by atoms with van der Waals surface area (Å²) in [5, 5.41) is 16.6. The highest BCUT2D eigenvalue weighted by molar-refractivity contribution is 7.99. The summed E-state index contributed by atoms with van der Waals surface area (Å²) in [6.07, 6.45) is 4.69. The SMILES string of the molecule is Cc1ccc(N/N=C/c2ccc(Sc3ncccn3)c([N+](=O)[O-])c2)cc1Cl. The van der Waals surface area contributed by atoms with Crippen LogP contribution in [0.3, 0.4) is 0 Å². The molecule has 0 spiro atoms. The lowest BCUT2D eigenvalue weighted by Crippen LogP contribution is -1.95. The minimum absolute atomic E-state index is 0.0326. The van der Waals surface area contributed by atoms with Crippen molar-refractivity contribution in [1.82, 2.24) is 9.97 Å². The number of aryl methyl sites for hydroxylation is 1. The van der Waals surface area contributed by atoms with E-state index in [-0.39, 0.29) is 5.69 Å². The summed E-state index contributed by atoms with van der Waals surface area (Å²) in [5.41, 5.74) is 5.11. The van der Waals surface area contributed by atoms with Gasteiger partial charge in [-0.1, -0.05) is 23.7 Å². The number of nitrogens with zero attached hydrogens (tertiary/aromatic N) is 4. The quantitative estimate of drug-likeness (QED) is 0.273. The van der Waals surface area contributed by atoms with E-state index in [1.165, 1.54) is 12.3 Å². The Hall–Kier alpha value is -2.97. The van der Waals surface area contributed by atoms with Crippen LogP contribution in [0.5, 0.6) is 0 Å². The third-order valence-electron chi connectivity index (χ3n) is 3.50. The topological polar surface area (TPSA) is 93.3 Å². The normalized spacial score (nSPS) is 10.9. The van der Waals surface area contributed by atoms with Gasteiger partial charge in [-0.15, -0.1) is 0 Å². The smallest absolute Gasteiger partial charge is 0.278 e. The summed E-state index contributed by atoms with van der Waals surface area (Å²) in [6.45, 7) is 1.91. The van der Waals surface area contributed by atoms with Crippen LogP contribution in [0.4, 0.5) is 11.4 Å². The summed E-state index contributed by atoms with van der Waals surface area (Å²) < 4.78 is 0. The molecule has 0 aliphatic heterocycles. The van der Waals surface area contributed by atoms with E-state index in [4.69, 9.17) is 11.6 Å². The van der Waals surface area contributed by atoms with Crippen LogP contribution in [0.25, 0.3) is 0 Å². The van der Waals surface area contributed by atoms with Gasteiger partial charge in [-0.2, -0.15) is 5.10 Å². The highest BCUT2D eigenvalue weighted by Gasteiger charge is 2.16. The van der Waals surface area contributed by atoms with Crippen LogP contribution in [0.15, 0.2) is 70.0 Å². The minimum atomic E-state index is -0.435. The van der Waals surface area contributed by atoms with Gasteiger partial charge in [0, 0.05) is 29.0 Å². The third kappa shape index (κ3) is 5.02. The van der Waals surface area contributed by atoms with Crippen molar-refractivity contribution in [2.24, 2.45) is 5.10 Å². The van der Waals surface area contributed by atoms with Gasteiger partial charge in [-0.3, -0.25) is 15.5 Å². The monoisotopic (exact) mass is 399 g/mol. The molecule has 136 valence electrons. The fourth-order valence-electron chi connectivity index (χ4n) is 2.12. The Morgan fingerprint density at radius 2 is 2.00 bits per heavy atom. The number of halogens is 1. The Balaban J connectivity index is 1.77. The number of rotatable bonds is 6. The van der Waals surface area contributed by atoms with E-state index >= 15 is 0 Å². The number of benzene rings is 2. The number of aromatic nitrogens is 2. The van der Waals surface area contributed by atoms with Crippen molar-refractivity contribution in [3.05, 3.63) is 81.1 Å². The molecular formula is C18H14ClN5O2S. The van der Waals surface area contributed by atoms with Crippen molar-refractivity contribution >= 4 is 41.0 Å². The molecule has 3 aromatic rings. The molecule has 0 aliphatic rings. The van der Waals surface area contributed by atoms with Crippen molar-refractivity contribution in [3.8, 4) is 0 Å². The van der Waals surface area contributed by atoms with Gasteiger partial charge >= 0.3 is 0 Å². The fourth-order valence-corrected chi connectivity index (χ4v) is 3.10. The lowest BCUT2D eigenvalue weighted by Gasteiger charge is -2.04. The zero-order valence-electron chi connectivity index (χ0n) is 14.2. The summed E-state index contributed by atoms with van der Waals surface area (Å²) in [4.78, 5) is 19.6. The second kappa shape index (κ2) is 8.61. The van der Waals surface area contributed by atoms with Gasteiger partial charge in [0.25, 0.3) is 5.69 Å². The van der Waals surface area contributed by atoms with Crippen LogP contribution >= 0.6 is 23.4 Å². The predicted molar refractivity (Wildman–Crippen MR) is 107 cm³/mol. The molecule has 0 aliphatic carbocycles. The lowest BCUT2D eigenvalue weighted by atomic mass is 10.2. The molecule has 9 heteroatoms. The molecule has 0 unspecified atom stereocenters. The molecular weight excluding hydrogens is 386 g/mol. The predicted octanol–water partition coefficient (Wildman–Crippen LogP) is 4.94. The van der Waals surface area contributed by atoms with Gasteiger partial charge in [0.15, 0.2) is 5.16 Å². The largest absolute Gasteiger partial charge is 0.283 e. The maximum atomic E-state index is 11.4. The minimum Gasteiger partial charge on any atom is -0.278 e. The Labute approximate surface area is 164 Å². The van der Waals surface area contributed by atoms with E-state index in [0.29, 0.717) is 20.6 Å². The Morgan fingerprint density at radius 3 is 2.70 bits per heavy atom. The van der Waals surface area contributed by atoms with Crippen molar-refractivity contribution in [2.45, 2.75) is 17.0 Å². The molecule has 0 amide bonds. The number of hydrazone groups is 1. The summed E-state index contributed by atoms with van der Waals surface area (Å²) in [7, 11) is 0. The van der Waals surface area contributed by atoms with Crippen LogP contribution in [-0.2, 0) is 0 Å². The molecule has 0 saturated carbocycles. The molecule has 0 fully saturated rings. The molecule has 2 aromatic carbocycles. The van der Waals surface area contributed by atoms with Crippen molar-refractivity contribution in [2.75, 3.05) is 5.43 Å². The molecule has 27 heavy (non-hydrogen) atoms. The Bertz CT molecular complexity index is 998. The first-order chi connectivity index (χ1) is 13.0. The maximum absolute atomic E-state index is 11.4. The summed E-state index contributed by atoms with van der Waals surface area (Å²) >= 11 is 7.21. The number of hydrogen-bond acceptors (Lipinski definition) is 7. The van der Waals surface area contributed by atoms with Gasteiger partial charge in [0.1, 0.15) is 0 Å². The van der Waals surface area contributed by atoms with E-state index in [2.05, 4.69) is 20.5 Å². The number of hydrogen-bond donors (Lipinski definition) is 1. The van der Waals surface area contributed by atoms with Gasteiger partial charge in [0.2, 0.25) is 0 Å². The average molecular weight is 400 g/mol. The summed E-state index contributed by atoms with van der Waals surface area (Å²) in [5.74, 6) is 0. The maximum Gasteiger partial charge on any atom is 0.283 e. The molecule has 1 aromatic heterocycles.